The van der Waals surface area contributed by atoms with Crippen molar-refractivity contribution in [2.24, 2.45) is 0 Å². The lowest BCUT2D eigenvalue weighted by Gasteiger charge is -2.13. The van der Waals surface area contributed by atoms with Gasteiger partial charge in [0.1, 0.15) is 12.0 Å². The standard InChI is InChI=1S/C16H12Cl2IN5/c17-12-6-5-11(7-13(12)18)24-16-14(20)15(21-8-22-16)23-10-3-1-9(19)2-4-10/h1-8H,20H2,(H2,21,22,23,24). The van der Waals surface area contributed by atoms with Gasteiger partial charge in [-0.25, -0.2) is 9.97 Å². The summed E-state index contributed by atoms with van der Waals surface area (Å²) in [6, 6.07) is 13.1. The molecule has 3 aromatic rings. The minimum absolute atomic E-state index is 0.405. The molecular formula is C16H12Cl2IN5. The van der Waals surface area contributed by atoms with Gasteiger partial charge in [-0.2, -0.15) is 0 Å². The first-order valence-electron chi connectivity index (χ1n) is 6.88. The summed E-state index contributed by atoms with van der Waals surface area (Å²) >= 11 is 14.2. The number of nitrogens with zero attached hydrogens (tertiary/aromatic N) is 2. The molecule has 0 aliphatic rings. The molecule has 1 aromatic heterocycles. The highest BCUT2D eigenvalue weighted by atomic mass is 127. The fourth-order valence-corrected chi connectivity index (χ4v) is 2.63. The van der Waals surface area contributed by atoms with E-state index in [1.165, 1.54) is 6.33 Å². The molecule has 5 nitrogen and oxygen atoms in total. The van der Waals surface area contributed by atoms with Crippen LogP contribution in [0.2, 0.25) is 10.0 Å². The van der Waals surface area contributed by atoms with Crippen LogP contribution in [0, 0.1) is 3.57 Å². The maximum Gasteiger partial charge on any atom is 0.159 e. The Hall–Kier alpha value is -1.77. The van der Waals surface area contributed by atoms with Crippen LogP contribution in [0.5, 0.6) is 0 Å². The van der Waals surface area contributed by atoms with Crippen molar-refractivity contribution in [2.75, 3.05) is 16.4 Å². The minimum Gasteiger partial charge on any atom is -0.393 e. The quantitative estimate of drug-likeness (QED) is 0.440. The number of halogens is 3. The number of rotatable bonds is 4. The molecule has 0 saturated heterocycles. The molecule has 1 heterocycles. The van der Waals surface area contributed by atoms with Crippen LogP contribution in [-0.2, 0) is 0 Å². The number of nitrogens with two attached hydrogens (primary N) is 1. The molecule has 122 valence electrons. The molecule has 0 aliphatic carbocycles. The zero-order valence-corrected chi connectivity index (χ0v) is 15.9. The fourth-order valence-electron chi connectivity index (χ4n) is 1.98. The Bertz CT molecular complexity index is 871. The molecule has 8 heteroatoms. The van der Waals surface area contributed by atoms with Gasteiger partial charge in [-0.3, -0.25) is 0 Å². The second kappa shape index (κ2) is 7.42. The highest BCUT2D eigenvalue weighted by Gasteiger charge is 2.09. The van der Waals surface area contributed by atoms with Crippen LogP contribution in [0.3, 0.4) is 0 Å². The van der Waals surface area contributed by atoms with E-state index in [1.54, 1.807) is 18.2 Å². The average Bonchev–Trinajstić information content (AvgIpc) is 2.57. The summed E-state index contributed by atoms with van der Waals surface area (Å²) in [7, 11) is 0. The lowest BCUT2D eigenvalue weighted by atomic mass is 10.3. The van der Waals surface area contributed by atoms with E-state index < -0.39 is 0 Å². The van der Waals surface area contributed by atoms with E-state index in [0.29, 0.717) is 27.4 Å². The number of nitrogens with one attached hydrogen (secondary N) is 2. The molecule has 2 aromatic carbocycles. The van der Waals surface area contributed by atoms with E-state index in [1.807, 2.05) is 24.3 Å². The van der Waals surface area contributed by atoms with Crippen LogP contribution >= 0.6 is 45.8 Å². The first kappa shape index (κ1) is 17.1. The largest absolute Gasteiger partial charge is 0.393 e. The number of aromatic nitrogens is 2. The second-order valence-corrected chi connectivity index (χ2v) is 6.93. The summed E-state index contributed by atoms with van der Waals surface area (Å²) in [6.07, 6.45) is 1.44. The number of benzene rings is 2. The summed E-state index contributed by atoms with van der Waals surface area (Å²) in [5.74, 6) is 1.00. The van der Waals surface area contributed by atoms with Crippen molar-refractivity contribution in [1.29, 1.82) is 0 Å². The third-order valence-corrected chi connectivity index (χ3v) is 4.63. The van der Waals surface area contributed by atoms with E-state index in [2.05, 4.69) is 43.2 Å². The highest BCUT2D eigenvalue weighted by molar-refractivity contribution is 14.1. The zero-order valence-electron chi connectivity index (χ0n) is 12.2. The number of nitrogen functional groups attached to an aromatic ring is 1. The molecule has 0 unspecified atom stereocenters. The summed E-state index contributed by atoms with van der Waals surface area (Å²) in [5.41, 5.74) is 8.19. The van der Waals surface area contributed by atoms with Crippen molar-refractivity contribution in [3.63, 3.8) is 0 Å². The van der Waals surface area contributed by atoms with Gasteiger partial charge in [0.05, 0.1) is 10.0 Å². The van der Waals surface area contributed by atoms with Gasteiger partial charge >= 0.3 is 0 Å². The Kier molecular flexibility index (Phi) is 5.27. The van der Waals surface area contributed by atoms with Gasteiger partial charge in [-0.1, -0.05) is 23.2 Å². The summed E-state index contributed by atoms with van der Waals surface area (Å²) in [4.78, 5) is 8.37. The van der Waals surface area contributed by atoms with E-state index in [0.717, 1.165) is 14.9 Å². The van der Waals surface area contributed by atoms with Crippen LogP contribution in [0.4, 0.5) is 28.7 Å². The van der Waals surface area contributed by atoms with E-state index in [9.17, 15) is 0 Å². The molecule has 4 N–H and O–H groups in total. The third kappa shape index (κ3) is 4.00. The highest BCUT2D eigenvalue weighted by Crippen LogP contribution is 2.30. The molecule has 24 heavy (non-hydrogen) atoms. The van der Waals surface area contributed by atoms with Crippen LogP contribution in [0.15, 0.2) is 48.8 Å². The van der Waals surface area contributed by atoms with Gasteiger partial charge < -0.3 is 16.4 Å². The first-order chi connectivity index (χ1) is 11.5. The Morgan fingerprint density at radius 3 is 2.04 bits per heavy atom. The Morgan fingerprint density at radius 1 is 0.833 bits per heavy atom. The summed E-state index contributed by atoms with van der Waals surface area (Å²) < 4.78 is 1.15. The fraction of sp³-hybridized carbons (Fsp3) is 0. The topological polar surface area (TPSA) is 75.9 Å². The molecule has 0 bridgehead atoms. The van der Waals surface area contributed by atoms with E-state index in [4.69, 9.17) is 28.9 Å². The van der Waals surface area contributed by atoms with Crippen LogP contribution in [-0.4, -0.2) is 9.97 Å². The number of hydrogen-bond acceptors (Lipinski definition) is 5. The molecule has 0 radical (unpaired) electrons. The van der Waals surface area contributed by atoms with Crippen molar-refractivity contribution < 1.29 is 0 Å². The zero-order chi connectivity index (χ0) is 17.1. The Balaban J connectivity index is 1.84. The van der Waals surface area contributed by atoms with Crippen LogP contribution < -0.4 is 16.4 Å². The first-order valence-corrected chi connectivity index (χ1v) is 8.71. The summed E-state index contributed by atoms with van der Waals surface area (Å²) in [5, 5.41) is 7.23. The van der Waals surface area contributed by atoms with Gasteiger partial charge in [-0.15, -0.1) is 0 Å². The lowest BCUT2D eigenvalue weighted by Crippen LogP contribution is -2.05. The molecule has 3 rings (SSSR count). The molecule has 0 spiro atoms. The van der Waals surface area contributed by atoms with Crippen molar-refractivity contribution in [2.45, 2.75) is 0 Å². The molecular weight excluding hydrogens is 460 g/mol. The summed E-state index contributed by atoms with van der Waals surface area (Å²) in [6.45, 7) is 0. The number of anilines is 5. The monoisotopic (exact) mass is 471 g/mol. The van der Waals surface area contributed by atoms with Gasteiger partial charge in [0.25, 0.3) is 0 Å². The van der Waals surface area contributed by atoms with Crippen molar-refractivity contribution in [3.8, 4) is 0 Å². The van der Waals surface area contributed by atoms with Crippen LogP contribution in [0.1, 0.15) is 0 Å². The average molecular weight is 472 g/mol. The molecule has 0 atom stereocenters. The van der Waals surface area contributed by atoms with Crippen molar-refractivity contribution >= 4 is 74.5 Å². The maximum atomic E-state index is 6.17. The normalized spacial score (nSPS) is 10.5. The smallest absolute Gasteiger partial charge is 0.159 e. The third-order valence-electron chi connectivity index (χ3n) is 3.17. The van der Waals surface area contributed by atoms with E-state index >= 15 is 0 Å². The van der Waals surface area contributed by atoms with Gasteiger partial charge in [0.2, 0.25) is 0 Å². The lowest BCUT2D eigenvalue weighted by molar-refractivity contribution is 1.17. The van der Waals surface area contributed by atoms with Crippen LogP contribution in [0.25, 0.3) is 0 Å². The molecule has 0 amide bonds. The predicted octanol–water partition coefficient (Wildman–Crippen LogP) is 5.46. The predicted molar refractivity (Wildman–Crippen MR) is 109 cm³/mol. The minimum atomic E-state index is 0.405. The second-order valence-electron chi connectivity index (χ2n) is 4.87. The van der Waals surface area contributed by atoms with Gasteiger partial charge in [0.15, 0.2) is 11.6 Å². The van der Waals surface area contributed by atoms with Gasteiger partial charge in [0, 0.05) is 14.9 Å². The van der Waals surface area contributed by atoms with Crippen molar-refractivity contribution in [1.82, 2.24) is 9.97 Å². The maximum absolute atomic E-state index is 6.17. The molecule has 0 aliphatic heterocycles. The SMILES string of the molecule is Nc1c(Nc2ccc(I)cc2)ncnc1Nc1ccc(Cl)c(Cl)c1. The van der Waals surface area contributed by atoms with E-state index in [-0.39, 0.29) is 0 Å². The van der Waals surface area contributed by atoms with Crippen molar-refractivity contribution in [3.05, 3.63) is 62.4 Å². The molecule has 0 fully saturated rings. The Labute approximate surface area is 162 Å². The Morgan fingerprint density at radius 2 is 1.42 bits per heavy atom. The number of hydrogen-bond donors (Lipinski definition) is 3. The van der Waals surface area contributed by atoms with Gasteiger partial charge in [-0.05, 0) is 65.1 Å². The molecule has 0 saturated carbocycles.